The Morgan fingerprint density at radius 1 is 1.36 bits per heavy atom. The summed E-state index contributed by atoms with van der Waals surface area (Å²) in [6.45, 7) is 0. The molecule has 0 radical (unpaired) electrons. The van der Waals surface area contributed by atoms with Crippen LogP contribution >= 0.6 is 11.6 Å². The Labute approximate surface area is 68.4 Å². The van der Waals surface area contributed by atoms with Gasteiger partial charge >= 0.3 is 0 Å². The topological polar surface area (TPSA) is 36.0 Å². The summed E-state index contributed by atoms with van der Waals surface area (Å²) in [6.07, 6.45) is 1.74. The normalized spacial score (nSPS) is 10.6. The number of aromatic amines is 1. The van der Waals surface area contributed by atoms with Crippen LogP contribution in [0.5, 0.6) is 5.88 Å². The average Bonchev–Trinajstić information content (AvgIpc) is 2.33. The molecule has 1 aromatic heterocycles. The Morgan fingerprint density at radius 2 is 2.18 bits per heavy atom. The highest BCUT2D eigenvalue weighted by molar-refractivity contribution is 6.31. The van der Waals surface area contributed by atoms with Crippen LogP contribution in [0, 0.1) is 0 Å². The lowest BCUT2D eigenvalue weighted by Gasteiger charge is -1.90. The molecule has 1 heterocycles. The predicted octanol–water partition coefficient (Wildman–Crippen LogP) is 2.53. The SMILES string of the molecule is Oc1[nH]cc2ccc(Cl)cc12. The van der Waals surface area contributed by atoms with Gasteiger partial charge in [-0.1, -0.05) is 17.7 Å². The third-order valence-electron chi connectivity index (χ3n) is 1.63. The van der Waals surface area contributed by atoms with Crippen LogP contribution in [0.15, 0.2) is 24.4 Å². The molecule has 0 saturated carbocycles. The van der Waals surface area contributed by atoms with Gasteiger partial charge in [0.1, 0.15) is 0 Å². The molecule has 0 aliphatic rings. The van der Waals surface area contributed by atoms with E-state index in [2.05, 4.69) is 4.98 Å². The van der Waals surface area contributed by atoms with Crippen molar-refractivity contribution in [2.45, 2.75) is 0 Å². The highest BCUT2D eigenvalue weighted by Crippen LogP contribution is 2.25. The Kier molecular flexibility index (Phi) is 1.29. The minimum absolute atomic E-state index is 0.169. The summed E-state index contributed by atoms with van der Waals surface area (Å²) in [4.78, 5) is 2.70. The molecule has 0 atom stereocenters. The van der Waals surface area contributed by atoms with Gasteiger partial charge in [-0.3, -0.25) is 0 Å². The lowest BCUT2D eigenvalue weighted by Crippen LogP contribution is -1.64. The van der Waals surface area contributed by atoms with Crippen LogP contribution in [-0.2, 0) is 0 Å². The second kappa shape index (κ2) is 2.17. The molecule has 2 aromatic rings. The monoisotopic (exact) mass is 167 g/mol. The summed E-state index contributed by atoms with van der Waals surface area (Å²) in [5, 5.41) is 11.6. The molecular formula is C8H6ClNO. The lowest BCUT2D eigenvalue weighted by molar-refractivity contribution is 0.462. The number of benzene rings is 1. The summed E-state index contributed by atoms with van der Waals surface area (Å²) in [5.41, 5.74) is 0. The molecule has 0 spiro atoms. The van der Waals surface area contributed by atoms with E-state index in [-0.39, 0.29) is 5.88 Å². The Hall–Kier alpha value is -1.15. The summed E-state index contributed by atoms with van der Waals surface area (Å²) < 4.78 is 0. The molecule has 2 rings (SSSR count). The number of rotatable bonds is 0. The molecule has 3 heteroatoms. The smallest absolute Gasteiger partial charge is 0.196 e. The van der Waals surface area contributed by atoms with E-state index in [9.17, 15) is 5.11 Å². The van der Waals surface area contributed by atoms with Crippen LogP contribution in [0.3, 0.4) is 0 Å². The van der Waals surface area contributed by atoms with Crippen molar-refractivity contribution in [2.24, 2.45) is 0 Å². The minimum atomic E-state index is 0.169. The van der Waals surface area contributed by atoms with Gasteiger partial charge in [0.2, 0.25) is 0 Å². The van der Waals surface area contributed by atoms with Crippen molar-refractivity contribution in [2.75, 3.05) is 0 Å². The van der Waals surface area contributed by atoms with Crippen molar-refractivity contribution in [1.29, 1.82) is 0 Å². The highest BCUT2D eigenvalue weighted by Gasteiger charge is 2.00. The zero-order chi connectivity index (χ0) is 7.84. The number of nitrogens with one attached hydrogen (secondary N) is 1. The van der Waals surface area contributed by atoms with E-state index in [0.717, 1.165) is 10.8 Å². The minimum Gasteiger partial charge on any atom is -0.494 e. The molecular weight excluding hydrogens is 162 g/mol. The molecule has 0 fully saturated rings. The maximum Gasteiger partial charge on any atom is 0.196 e. The highest BCUT2D eigenvalue weighted by atomic mass is 35.5. The number of halogens is 1. The van der Waals surface area contributed by atoms with E-state index in [1.807, 2.05) is 6.07 Å². The first-order chi connectivity index (χ1) is 5.27. The predicted molar refractivity (Wildman–Crippen MR) is 45.0 cm³/mol. The van der Waals surface area contributed by atoms with Gasteiger partial charge in [-0.25, -0.2) is 0 Å². The fraction of sp³-hybridized carbons (Fsp3) is 0. The van der Waals surface area contributed by atoms with Crippen molar-refractivity contribution in [3.8, 4) is 5.88 Å². The lowest BCUT2D eigenvalue weighted by atomic mass is 10.2. The number of aromatic nitrogens is 1. The molecule has 0 unspecified atom stereocenters. The van der Waals surface area contributed by atoms with E-state index >= 15 is 0 Å². The number of aromatic hydroxyl groups is 1. The van der Waals surface area contributed by atoms with Gasteiger partial charge in [-0.2, -0.15) is 0 Å². The van der Waals surface area contributed by atoms with Crippen LogP contribution in [-0.4, -0.2) is 10.1 Å². The van der Waals surface area contributed by atoms with E-state index in [1.165, 1.54) is 0 Å². The maximum atomic E-state index is 9.22. The van der Waals surface area contributed by atoms with Gasteiger partial charge in [0.25, 0.3) is 0 Å². The molecule has 0 bridgehead atoms. The van der Waals surface area contributed by atoms with Crippen molar-refractivity contribution >= 4 is 22.4 Å². The molecule has 1 aromatic carbocycles. The standard InChI is InChI=1S/C8H6ClNO/c9-6-2-1-5-4-10-8(11)7(5)3-6/h1-4,10-11H. The fourth-order valence-corrected chi connectivity index (χ4v) is 1.26. The van der Waals surface area contributed by atoms with Gasteiger partial charge in [-0.05, 0) is 12.1 Å². The molecule has 56 valence electrons. The van der Waals surface area contributed by atoms with Crippen molar-refractivity contribution < 1.29 is 5.11 Å². The molecule has 2 nitrogen and oxygen atoms in total. The van der Waals surface area contributed by atoms with Crippen LogP contribution in [0.2, 0.25) is 5.02 Å². The van der Waals surface area contributed by atoms with Gasteiger partial charge in [0.15, 0.2) is 5.88 Å². The summed E-state index contributed by atoms with van der Waals surface area (Å²) in [6, 6.07) is 5.37. The van der Waals surface area contributed by atoms with Gasteiger partial charge in [0, 0.05) is 22.0 Å². The second-order valence-corrected chi connectivity index (χ2v) is 2.81. The van der Waals surface area contributed by atoms with Crippen molar-refractivity contribution in [3.05, 3.63) is 29.4 Å². The first-order valence-corrected chi connectivity index (χ1v) is 3.61. The Morgan fingerprint density at radius 3 is 3.00 bits per heavy atom. The number of fused-ring (bicyclic) bond motifs is 1. The van der Waals surface area contributed by atoms with Crippen LogP contribution in [0.4, 0.5) is 0 Å². The summed E-state index contributed by atoms with van der Waals surface area (Å²) in [5.74, 6) is 0.169. The van der Waals surface area contributed by atoms with Crippen LogP contribution in [0.25, 0.3) is 10.8 Å². The molecule has 2 N–H and O–H groups in total. The summed E-state index contributed by atoms with van der Waals surface area (Å²) in [7, 11) is 0. The number of hydrogen-bond donors (Lipinski definition) is 2. The van der Waals surface area contributed by atoms with Gasteiger partial charge in [0.05, 0.1) is 0 Å². The Bertz CT molecular complexity index is 394. The first kappa shape index (κ1) is 6.55. The zero-order valence-corrected chi connectivity index (χ0v) is 6.39. The second-order valence-electron chi connectivity index (χ2n) is 2.37. The third kappa shape index (κ3) is 0.955. The zero-order valence-electron chi connectivity index (χ0n) is 5.63. The number of hydrogen-bond acceptors (Lipinski definition) is 1. The molecule has 0 saturated heterocycles. The van der Waals surface area contributed by atoms with E-state index in [0.29, 0.717) is 5.02 Å². The van der Waals surface area contributed by atoms with E-state index in [1.54, 1.807) is 18.3 Å². The molecule has 0 aliphatic carbocycles. The quantitative estimate of drug-likeness (QED) is 0.622. The van der Waals surface area contributed by atoms with E-state index in [4.69, 9.17) is 11.6 Å². The molecule has 0 amide bonds. The largest absolute Gasteiger partial charge is 0.494 e. The number of H-pyrrole nitrogens is 1. The van der Waals surface area contributed by atoms with Gasteiger partial charge in [-0.15, -0.1) is 0 Å². The van der Waals surface area contributed by atoms with Crippen molar-refractivity contribution in [3.63, 3.8) is 0 Å². The average molecular weight is 168 g/mol. The van der Waals surface area contributed by atoms with Crippen LogP contribution in [0.1, 0.15) is 0 Å². The van der Waals surface area contributed by atoms with Crippen molar-refractivity contribution in [1.82, 2.24) is 4.98 Å². The third-order valence-corrected chi connectivity index (χ3v) is 1.87. The molecule has 11 heavy (non-hydrogen) atoms. The fourth-order valence-electron chi connectivity index (χ4n) is 1.08. The molecule has 0 aliphatic heterocycles. The maximum absolute atomic E-state index is 9.22. The summed E-state index contributed by atoms with van der Waals surface area (Å²) >= 11 is 5.72. The Balaban J connectivity index is 2.87. The van der Waals surface area contributed by atoms with Crippen LogP contribution < -0.4 is 0 Å². The van der Waals surface area contributed by atoms with E-state index < -0.39 is 0 Å². The first-order valence-electron chi connectivity index (χ1n) is 3.23. The van der Waals surface area contributed by atoms with Gasteiger partial charge < -0.3 is 10.1 Å².